The summed E-state index contributed by atoms with van der Waals surface area (Å²) < 4.78 is 25.7. The molecule has 0 aliphatic heterocycles. The van der Waals surface area contributed by atoms with E-state index in [4.69, 9.17) is 0 Å². The highest BCUT2D eigenvalue weighted by atomic mass is 127. The lowest BCUT2D eigenvalue weighted by atomic mass is 10.1. The zero-order chi connectivity index (χ0) is 16.1. The van der Waals surface area contributed by atoms with Crippen molar-refractivity contribution >= 4 is 43.5 Å². The average molecular weight is 436 g/mol. The Morgan fingerprint density at radius 2 is 2.14 bits per heavy atom. The summed E-state index contributed by atoms with van der Waals surface area (Å²) in [6.07, 6.45) is 1.89. The Kier molecular flexibility index (Phi) is 4.04. The number of nitrogens with one attached hydrogen (secondary N) is 1. The zero-order valence-electron chi connectivity index (χ0n) is 12.3. The van der Waals surface area contributed by atoms with E-state index in [0.717, 1.165) is 6.42 Å². The Morgan fingerprint density at radius 3 is 2.82 bits per heavy atom. The second-order valence-electron chi connectivity index (χ2n) is 5.76. The van der Waals surface area contributed by atoms with E-state index >= 15 is 0 Å². The molecule has 0 radical (unpaired) electrons. The van der Waals surface area contributed by atoms with Gasteiger partial charge in [-0.15, -0.1) is 0 Å². The molecule has 1 aliphatic carbocycles. The topological polar surface area (TPSA) is 97.7 Å². The van der Waals surface area contributed by atoms with E-state index in [9.17, 15) is 13.2 Å². The molecule has 1 aliphatic rings. The number of aryl methyl sites for hydroxylation is 2. The second-order valence-corrected chi connectivity index (χ2v) is 9.84. The molecule has 2 aromatic rings. The number of fused-ring (bicyclic) bond motifs is 1. The van der Waals surface area contributed by atoms with E-state index in [2.05, 4.69) is 15.1 Å². The van der Waals surface area contributed by atoms with Crippen LogP contribution in [0.2, 0.25) is 0 Å². The molecule has 9 heteroatoms. The quantitative estimate of drug-likeness (QED) is 0.580. The predicted octanol–water partition coefficient (Wildman–Crippen LogP) is 1.41. The Hall–Kier alpha value is -0.970. The summed E-state index contributed by atoms with van der Waals surface area (Å²) in [4.78, 5) is 19.6. The number of halogens is 1. The van der Waals surface area contributed by atoms with Gasteiger partial charge in [0.15, 0.2) is 15.4 Å². The van der Waals surface area contributed by atoms with E-state index in [1.807, 2.05) is 29.5 Å². The first-order chi connectivity index (χ1) is 10.3. The molecule has 1 fully saturated rings. The fourth-order valence-corrected chi connectivity index (χ4v) is 5.88. The average Bonchev–Trinajstić information content (AvgIpc) is 3.05. The van der Waals surface area contributed by atoms with Crippen LogP contribution in [-0.2, 0) is 16.9 Å². The van der Waals surface area contributed by atoms with Gasteiger partial charge >= 0.3 is 0 Å². The molecule has 0 saturated heterocycles. The van der Waals surface area contributed by atoms with Gasteiger partial charge in [-0.25, -0.2) is 13.4 Å². The van der Waals surface area contributed by atoms with Crippen LogP contribution >= 0.6 is 22.6 Å². The van der Waals surface area contributed by atoms with Crippen LogP contribution in [0.3, 0.4) is 0 Å². The van der Waals surface area contributed by atoms with Crippen LogP contribution in [0.25, 0.3) is 11.0 Å². The maximum Gasteiger partial charge on any atom is 0.277 e. The van der Waals surface area contributed by atoms with Gasteiger partial charge in [-0.1, -0.05) is 22.6 Å². The zero-order valence-corrected chi connectivity index (χ0v) is 15.3. The Bertz CT molecular complexity index is 887. The molecule has 2 heterocycles. The van der Waals surface area contributed by atoms with Crippen LogP contribution in [0.5, 0.6) is 0 Å². The van der Waals surface area contributed by atoms with Crippen molar-refractivity contribution in [3.63, 3.8) is 0 Å². The maximum atomic E-state index is 12.2. The van der Waals surface area contributed by atoms with Gasteiger partial charge in [0.25, 0.3) is 5.56 Å². The summed E-state index contributed by atoms with van der Waals surface area (Å²) in [5, 5.41) is 3.90. The molecule has 0 bridgehead atoms. The maximum absolute atomic E-state index is 12.2. The summed E-state index contributed by atoms with van der Waals surface area (Å²) in [5.74, 6) is 0.569. The third-order valence-corrected chi connectivity index (χ3v) is 8.66. The third kappa shape index (κ3) is 2.57. The first kappa shape index (κ1) is 15.9. The van der Waals surface area contributed by atoms with Gasteiger partial charge < -0.3 is 4.98 Å². The number of aromatic nitrogens is 4. The number of H-pyrrole nitrogens is 1. The molecule has 2 atom stereocenters. The lowest BCUT2D eigenvalue weighted by Crippen LogP contribution is -2.20. The van der Waals surface area contributed by atoms with Crippen molar-refractivity contribution < 1.29 is 8.42 Å². The minimum Gasteiger partial charge on any atom is -0.308 e. The van der Waals surface area contributed by atoms with Crippen LogP contribution in [0, 0.1) is 6.92 Å². The Balaban J connectivity index is 1.99. The minimum absolute atomic E-state index is 0.0144. The molecular formula is C13H17IN4O3S. The summed E-state index contributed by atoms with van der Waals surface area (Å²) in [5.41, 5.74) is 1.54. The van der Waals surface area contributed by atoms with Crippen molar-refractivity contribution in [1.82, 2.24) is 19.7 Å². The standard InChI is InChI=1S/C13H17IN4O3S/c1-7-10-11(18(2)17-7)13(19)16-12(15-10)8-3-4-9(5-8)22(20,21)6-14/h8-9H,3-6H2,1-2H3,(H,15,16,19). The fraction of sp³-hybridized carbons (Fsp3) is 0.615. The number of aromatic amines is 1. The highest BCUT2D eigenvalue weighted by Crippen LogP contribution is 2.37. The van der Waals surface area contributed by atoms with Crippen molar-refractivity contribution in [2.75, 3.05) is 3.76 Å². The highest BCUT2D eigenvalue weighted by Gasteiger charge is 2.35. The van der Waals surface area contributed by atoms with Crippen LogP contribution in [0.4, 0.5) is 0 Å². The van der Waals surface area contributed by atoms with Crippen molar-refractivity contribution in [2.24, 2.45) is 7.05 Å². The van der Waals surface area contributed by atoms with Crippen molar-refractivity contribution in [2.45, 2.75) is 37.4 Å². The molecule has 1 saturated carbocycles. The van der Waals surface area contributed by atoms with Crippen LogP contribution < -0.4 is 5.56 Å². The summed E-state index contributed by atoms with van der Waals surface area (Å²) in [6.45, 7) is 1.82. The second kappa shape index (κ2) is 5.59. The lowest BCUT2D eigenvalue weighted by molar-refractivity contribution is 0.583. The number of nitrogens with zero attached hydrogens (tertiary/aromatic N) is 3. The number of rotatable bonds is 3. The SMILES string of the molecule is Cc1nn(C)c2c(=O)[nH]c(C3CCC(S(=O)(=O)CI)C3)nc12. The summed E-state index contributed by atoms with van der Waals surface area (Å²) >= 11 is 1.89. The summed E-state index contributed by atoms with van der Waals surface area (Å²) in [6, 6.07) is 0. The smallest absolute Gasteiger partial charge is 0.277 e. The van der Waals surface area contributed by atoms with E-state index in [0.29, 0.717) is 35.4 Å². The first-order valence-corrected chi connectivity index (χ1v) is 10.3. The molecule has 0 aromatic carbocycles. The Labute approximate surface area is 141 Å². The molecule has 120 valence electrons. The van der Waals surface area contributed by atoms with E-state index in [1.54, 1.807) is 7.05 Å². The van der Waals surface area contributed by atoms with Gasteiger partial charge in [-0.05, 0) is 26.2 Å². The van der Waals surface area contributed by atoms with E-state index < -0.39 is 9.84 Å². The molecular weight excluding hydrogens is 419 g/mol. The highest BCUT2D eigenvalue weighted by molar-refractivity contribution is 14.1. The van der Waals surface area contributed by atoms with Crippen LogP contribution in [0.15, 0.2) is 4.79 Å². The lowest BCUT2D eigenvalue weighted by Gasteiger charge is -2.10. The van der Waals surface area contributed by atoms with Gasteiger partial charge in [-0.2, -0.15) is 5.10 Å². The molecule has 2 aromatic heterocycles. The summed E-state index contributed by atoms with van der Waals surface area (Å²) in [7, 11) is -1.33. The van der Waals surface area contributed by atoms with Crippen molar-refractivity contribution in [3.8, 4) is 0 Å². The molecule has 0 amide bonds. The van der Waals surface area contributed by atoms with Gasteiger partial charge in [-0.3, -0.25) is 9.48 Å². The van der Waals surface area contributed by atoms with Gasteiger partial charge in [0.1, 0.15) is 15.1 Å². The third-order valence-electron chi connectivity index (χ3n) is 4.31. The largest absolute Gasteiger partial charge is 0.308 e. The van der Waals surface area contributed by atoms with Gasteiger partial charge in [0, 0.05) is 13.0 Å². The molecule has 2 unspecified atom stereocenters. The van der Waals surface area contributed by atoms with Crippen molar-refractivity contribution in [3.05, 3.63) is 21.9 Å². The normalized spacial score (nSPS) is 22.5. The number of hydrogen-bond donors (Lipinski definition) is 1. The van der Waals surface area contributed by atoms with Crippen LogP contribution in [0.1, 0.15) is 36.7 Å². The molecule has 7 nitrogen and oxygen atoms in total. The van der Waals surface area contributed by atoms with E-state index in [1.165, 1.54) is 4.68 Å². The minimum atomic E-state index is -3.05. The molecule has 0 spiro atoms. The number of alkyl halides is 1. The van der Waals surface area contributed by atoms with Gasteiger partial charge in [0.05, 0.1) is 10.9 Å². The van der Waals surface area contributed by atoms with Crippen LogP contribution in [-0.4, -0.2) is 37.2 Å². The van der Waals surface area contributed by atoms with E-state index in [-0.39, 0.29) is 20.5 Å². The Morgan fingerprint density at radius 1 is 1.41 bits per heavy atom. The molecule has 22 heavy (non-hydrogen) atoms. The monoisotopic (exact) mass is 436 g/mol. The number of sulfone groups is 1. The number of hydrogen-bond acceptors (Lipinski definition) is 5. The van der Waals surface area contributed by atoms with Crippen molar-refractivity contribution in [1.29, 1.82) is 0 Å². The fourth-order valence-electron chi connectivity index (χ4n) is 3.16. The predicted molar refractivity (Wildman–Crippen MR) is 92.1 cm³/mol. The molecule has 1 N–H and O–H groups in total. The first-order valence-electron chi connectivity index (χ1n) is 7.04. The molecule has 3 rings (SSSR count). The van der Waals surface area contributed by atoms with Gasteiger partial charge in [0.2, 0.25) is 0 Å².